The Morgan fingerprint density at radius 3 is 0.704 bits per heavy atom. The third kappa shape index (κ3) is 12.0. The van der Waals surface area contributed by atoms with Crippen molar-refractivity contribution in [2.75, 3.05) is 5.73 Å². The van der Waals surface area contributed by atoms with Crippen LogP contribution in [0.15, 0.2) is 115 Å². The number of aromatic nitrogens is 4. The van der Waals surface area contributed by atoms with E-state index in [0.717, 1.165) is 88.7 Å². The van der Waals surface area contributed by atoms with Gasteiger partial charge >= 0.3 is 0 Å². The Labute approximate surface area is 486 Å². The van der Waals surface area contributed by atoms with E-state index < -0.39 is 0 Å². The van der Waals surface area contributed by atoms with E-state index in [0.29, 0.717) is 5.69 Å². The summed E-state index contributed by atoms with van der Waals surface area (Å²) in [5, 5.41) is 4.00. The van der Waals surface area contributed by atoms with E-state index in [4.69, 9.17) is 5.73 Å². The van der Waals surface area contributed by atoms with Crippen LogP contribution in [0.25, 0.3) is 22.3 Å². The lowest BCUT2D eigenvalue weighted by Gasteiger charge is -2.27. The van der Waals surface area contributed by atoms with Gasteiger partial charge in [-0.05, 0) is 153 Å². The largest absolute Gasteiger partial charge is 0.397 e. The van der Waals surface area contributed by atoms with Crippen molar-refractivity contribution in [3.05, 3.63) is 226 Å². The molecule has 6 N–H and O–H groups in total. The fraction of sp³-hybridized carbons (Fsp3) is 0.421. The van der Waals surface area contributed by atoms with Gasteiger partial charge in [0.15, 0.2) is 0 Å². The van der Waals surface area contributed by atoms with Gasteiger partial charge in [-0.25, -0.2) is 0 Å². The van der Waals surface area contributed by atoms with E-state index in [9.17, 15) is 0 Å². The summed E-state index contributed by atoms with van der Waals surface area (Å²) in [7, 11) is 0. The van der Waals surface area contributed by atoms with Crippen LogP contribution in [0.3, 0.4) is 0 Å². The van der Waals surface area contributed by atoms with Crippen LogP contribution in [-0.4, -0.2) is 19.9 Å². The number of rotatable bonds is 4. The van der Waals surface area contributed by atoms with Gasteiger partial charge in [0, 0.05) is 55.1 Å². The first-order valence-electron chi connectivity index (χ1n) is 29.8. The molecule has 0 saturated heterocycles. The topological polar surface area (TPSA) is 89.2 Å². The number of aromatic amines is 4. The fourth-order valence-corrected chi connectivity index (χ4v) is 11.2. The molecule has 0 saturated carbocycles. The van der Waals surface area contributed by atoms with Crippen molar-refractivity contribution in [3.63, 3.8) is 0 Å². The smallest absolute Gasteiger partial charge is 0.0719 e. The van der Waals surface area contributed by atoms with Gasteiger partial charge in [-0.3, -0.25) is 0 Å². The number of hydrogen-bond acceptors (Lipinski definition) is 1. The number of H-pyrrole nitrogens is 4. The van der Waals surface area contributed by atoms with Crippen LogP contribution in [0.2, 0.25) is 0 Å². The Morgan fingerprint density at radius 1 is 0.235 bits per heavy atom. The highest BCUT2D eigenvalue weighted by atomic mass is 14.8. The highest BCUT2D eigenvalue weighted by Crippen LogP contribution is 2.40. The lowest BCUT2D eigenvalue weighted by Crippen LogP contribution is -2.22. The fourth-order valence-electron chi connectivity index (χ4n) is 11.2. The zero-order chi connectivity index (χ0) is 59.7. The van der Waals surface area contributed by atoms with Gasteiger partial charge in [-0.15, -0.1) is 0 Å². The Hall–Kier alpha value is -6.72. The second kappa shape index (κ2) is 19.7. The normalized spacial score (nSPS) is 14.4. The molecule has 0 aliphatic carbocycles. The second-order valence-electron chi connectivity index (χ2n) is 32.1. The number of nitrogen functional groups attached to an aromatic ring is 1. The van der Waals surface area contributed by atoms with E-state index in [2.05, 4.69) is 301 Å². The van der Waals surface area contributed by atoms with Crippen molar-refractivity contribution in [1.82, 2.24) is 19.9 Å². The Bertz CT molecular complexity index is 3860. The maximum absolute atomic E-state index is 7.62. The summed E-state index contributed by atoms with van der Waals surface area (Å²) >= 11 is 0. The number of anilines is 1. The van der Waals surface area contributed by atoms with E-state index in [1.165, 1.54) is 44.5 Å². The van der Waals surface area contributed by atoms with E-state index in [1.54, 1.807) is 0 Å². The molecule has 5 heterocycles. The Balaban J connectivity index is 1.54. The average Bonchev–Trinajstić information content (AvgIpc) is 4.21. The summed E-state index contributed by atoms with van der Waals surface area (Å²) in [5.41, 5.74) is 30.4. The third-order valence-electron chi connectivity index (χ3n) is 16.9. The number of fused-ring (bicyclic) bond motifs is 8. The van der Waals surface area contributed by atoms with Gasteiger partial charge in [-0.2, -0.15) is 0 Å². The number of nitrogens with two attached hydrogens (primary N) is 1. The predicted octanol–water partition coefficient (Wildman–Crippen LogP) is 16.3. The Morgan fingerprint density at radius 2 is 0.457 bits per heavy atom. The van der Waals surface area contributed by atoms with Gasteiger partial charge in [0.25, 0.3) is 0 Å². The van der Waals surface area contributed by atoms with E-state index in [1.807, 2.05) is 0 Å². The SMILES string of the molecule is CC(C)(C)c1cc(C2=c3ccc([nH]3)=C(c3cc(C(C)(C)C)cc(C(C)(C)C)c3)c3cc(N)c([nH]3)C(c3cc(C(C)(C)C)cc(C(C)(C)C)c3)=c3ccc([nH]3)=C(c3cc(C(C)(C)C)cc(C(C)(C)C)c3)c3ccc2[nH]3)cc(C(C)(C)C)c1. The number of hydrogen-bond donors (Lipinski definition) is 5. The molecule has 1 aliphatic heterocycles. The summed E-state index contributed by atoms with van der Waals surface area (Å²) in [4.78, 5) is 16.6. The maximum Gasteiger partial charge on any atom is 0.0719 e. The summed E-state index contributed by atoms with van der Waals surface area (Å²) in [6.07, 6.45) is 0. The molecule has 0 unspecified atom stereocenters. The third-order valence-corrected chi connectivity index (χ3v) is 16.9. The minimum absolute atomic E-state index is 0.0982. The molecule has 0 fully saturated rings. The lowest BCUT2D eigenvalue weighted by atomic mass is 9.78. The van der Waals surface area contributed by atoms with Crippen molar-refractivity contribution >= 4 is 28.0 Å². The second-order valence-corrected chi connectivity index (χ2v) is 32.1. The average molecular weight is 1080 g/mol. The summed E-state index contributed by atoms with van der Waals surface area (Å²) in [6.45, 7) is 55.7. The zero-order valence-electron chi connectivity index (χ0n) is 54.0. The van der Waals surface area contributed by atoms with Crippen molar-refractivity contribution < 1.29 is 0 Å². The van der Waals surface area contributed by atoms with Crippen molar-refractivity contribution in [1.29, 1.82) is 0 Å². The number of nitrogens with one attached hydrogen (secondary N) is 4. The van der Waals surface area contributed by atoms with Crippen LogP contribution in [-0.2, 0) is 43.3 Å². The van der Waals surface area contributed by atoms with E-state index in [-0.39, 0.29) is 43.3 Å². The van der Waals surface area contributed by atoms with Crippen molar-refractivity contribution in [2.45, 2.75) is 209 Å². The van der Waals surface area contributed by atoms with Gasteiger partial charge in [0.05, 0.1) is 17.1 Å². The molecule has 5 heteroatoms. The first-order valence-corrected chi connectivity index (χ1v) is 29.8. The van der Waals surface area contributed by atoms with E-state index >= 15 is 0 Å². The molecule has 5 nitrogen and oxygen atoms in total. The minimum Gasteiger partial charge on any atom is -0.397 e. The molecule has 81 heavy (non-hydrogen) atoms. The van der Waals surface area contributed by atoms with Gasteiger partial charge < -0.3 is 25.7 Å². The first kappa shape index (κ1) is 58.9. The molecule has 0 spiro atoms. The van der Waals surface area contributed by atoms with Crippen LogP contribution >= 0.6 is 0 Å². The van der Waals surface area contributed by atoms with Gasteiger partial charge in [-0.1, -0.05) is 239 Å². The zero-order valence-corrected chi connectivity index (χ0v) is 54.0. The van der Waals surface area contributed by atoms with Crippen molar-refractivity contribution in [3.8, 4) is 0 Å². The Kier molecular flexibility index (Phi) is 14.4. The van der Waals surface area contributed by atoms with Crippen LogP contribution in [0.1, 0.15) is 256 Å². The standard InChI is InChI=1S/C76H97N5/c1-69(2,3)48-31-44(32-49(39-48)70(4,5)6)64-57-25-26-58(78-57)65(45-33-50(71(7,8)9)40-51(34-45)72(10,11)12)60-29-30-62(80-60)67(47-37-54(75(19,20)21)42-55(38-47)76(22,23)24)68-56(77)43-63(81-68)66(61-28-27-59(64)79-61)46-35-52(73(13,14)15)41-53(36-46)74(16,17)18/h25-43,78-81H,77H2,1-24H3. The molecular weight excluding hydrogens is 983 g/mol. The highest BCUT2D eigenvalue weighted by Gasteiger charge is 2.30. The molecule has 1 aliphatic rings. The van der Waals surface area contributed by atoms with Gasteiger partial charge in [0.2, 0.25) is 0 Å². The molecule has 8 bridgehead atoms. The van der Waals surface area contributed by atoms with Crippen LogP contribution in [0.5, 0.6) is 0 Å². The summed E-state index contributed by atoms with van der Waals surface area (Å²) < 4.78 is 0. The summed E-state index contributed by atoms with van der Waals surface area (Å²) in [6, 6.07) is 44.9. The monoisotopic (exact) mass is 1080 g/mol. The highest BCUT2D eigenvalue weighted by molar-refractivity contribution is 5.89. The molecule has 0 amide bonds. The lowest BCUT2D eigenvalue weighted by molar-refractivity contribution is 0.567. The molecule has 426 valence electrons. The quantitative estimate of drug-likeness (QED) is 0.119. The molecular formula is C76H97N5. The molecule has 4 aromatic heterocycles. The van der Waals surface area contributed by atoms with Crippen LogP contribution in [0.4, 0.5) is 5.69 Å². The molecule has 9 rings (SSSR count). The maximum atomic E-state index is 7.62. The molecule has 8 aromatic rings. The number of benzene rings is 4. The first-order chi connectivity index (χ1) is 37.1. The molecule has 0 atom stereocenters. The van der Waals surface area contributed by atoms with Crippen molar-refractivity contribution in [2.24, 2.45) is 0 Å². The van der Waals surface area contributed by atoms with Crippen LogP contribution in [0, 0.1) is 0 Å². The minimum atomic E-state index is -0.120. The van der Waals surface area contributed by atoms with Crippen LogP contribution < -0.4 is 27.1 Å². The predicted molar refractivity (Wildman–Crippen MR) is 348 cm³/mol. The summed E-state index contributed by atoms with van der Waals surface area (Å²) in [5.74, 6) is 0. The molecule has 0 radical (unpaired) electrons. The molecule has 4 aromatic carbocycles. The van der Waals surface area contributed by atoms with Gasteiger partial charge in [0.1, 0.15) is 0 Å².